The first-order valence-corrected chi connectivity index (χ1v) is 5.34. The van der Waals surface area contributed by atoms with Crippen LogP contribution in [0.25, 0.3) is 0 Å². The predicted molar refractivity (Wildman–Crippen MR) is 60.8 cm³/mol. The van der Waals surface area contributed by atoms with E-state index < -0.39 is 24.1 Å². The van der Waals surface area contributed by atoms with Gasteiger partial charge in [0, 0.05) is 14.2 Å². The number of halogens is 3. The molecule has 1 aromatic rings. The number of ether oxygens (including phenoxy) is 3. The third-order valence-electron chi connectivity index (χ3n) is 2.61. The summed E-state index contributed by atoms with van der Waals surface area (Å²) in [6, 6.07) is 3.29. The largest absolute Gasteiger partial charge is 0.497 e. The van der Waals surface area contributed by atoms with Crippen molar-refractivity contribution in [2.45, 2.75) is 18.6 Å². The van der Waals surface area contributed by atoms with Crippen LogP contribution in [0.1, 0.15) is 17.2 Å². The molecule has 0 amide bonds. The first-order valence-electron chi connectivity index (χ1n) is 5.34. The van der Waals surface area contributed by atoms with E-state index in [4.69, 9.17) is 14.2 Å². The maximum Gasteiger partial charge on any atom is 0.416 e. The second kappa shape index (κ2) is 6.23. The lowest BCUT2D eigenvalue weighted by atomic mass is 10.0. The van der Waals surface area contributed by atoms with Crippen LogP contribution in [0, 0.1) is 0 Å². The van der Waals surface area contributed by atoms with E-state index in [2.05, 4.69) is 0 Å². The number of benzene rings is 1. The molecule has 1 aromatic carbocycles. The van der Waals surface area contributed by atoms with Crippen LogP contribution in [0.5, 0.6) is 5.75 Å². The summed E-state index contributed by atoms with van der Waals surface area (Å²) in [5.74, 6) is 0.0506. The fourth-order valence-corrected chi connectivity index (χ4v) is 1.67. The zero-order valence-corrected chi connectivity index (χ0v) is 10.7. The molecule has 19 heavy (non-hydrogen) atoms. The molecule has 0 aliphatic carbocycles. The molecule has 0 spiro atoms. The number of hydrogen-bond donors (Lipinski definition) is 1. The lowest BCUT2D eigenvalue weighted by molar-refractivity contribution is -0.171. The summed E-state index contributed by atoms with van der Waals surface area (Å²) < 4.78 is 53.1. The van der Waals surface area contributed by atoms with Crippen molar-refractivity contribution in [3.05, 3.63) is 29.3 Å². The molecule has 0 aliphatic rings. The molecule has 0 saturated carbocycles. The van der Waals surface area contributed by atoms with Crippen molar-refractivity contribution in [3.8, 4) is 5.75 Å². The first-order chi connectivity index (χ1) is 8.85. The van der Waals surface area contributed by atoms with Crippen molar-refractivity contribution < 1.29 is 32.5 Å². The minimum absolute atomic E-state index is 0.0506. The van der Waals surface area contributed by atoms with Crippen molar-refractivity contribution in [3.63, 3.8) is 0 Å². The molecule has 1 N–H and O–H groups in total. The number of methoxy groups -OCH3 is 3. The molecule has 0 bridgehead atoms. The molecule has 4 nitrogen and oxygen atoms in total. The Morgan fingerprint density at radius 2 is 1.68 bits per heavy atom. The maximum absolute atomic E-state index is 12.9. The molecular formula is C12H15F3O4. The zero-order chi connectivity index (χ0) is 14.6. The molecule has 0 saturated heterocycles. The standard InChI is InChI=1S/C12H15F3O4/c1-17-7-4-5-8(9(6-7)12(13,14)15)10(16)11(18-2)19-3/h4-6,10-11,16H,1-3H3. The molecular weight excluding hydrogens is 265 g/mol. The fourth-order valence-electron chi connectivity index (χ4n) is 1.67. The maximum atomic E-state index is 12.9. The van der Waals surface area contributed by atoms with E-state index >= 15 is 0 Å². The van der Waals surface area contributed by atoms with E-state index in [1.807, 2.05) is 0 Å². The van der Waals surface area contributed by atoms with Gasteiger partial charge in [-0.2, -0.15) is 13.2 Å². The number of alkyl halides is 3. The van der Waals surface area contributed by atoms with E-state index in [1.165, 1.54) is 27.4 Å². The Balaban J connectivity index is 3.26. The molecule has 1 atom stereocenters. The van der Waals surface area contributed by atoms with Crippen LogP contribution in [-0.2, 0) is 15.7 Å². The summed E-state index contributed by atoms with van der Waals surface area (Å²) in [7, 11) is 3.72. The van der Waals surface area contributed by atoms with Gasteiger partial charge in [-0.15, -0.1) is 0 Å². The van der Waals surface area contributed by atoms with Gasteiger partial charge in [0.25, 0.3) is 0 Å². The van der Waals surface area contributed by atoms with Crippen LogP contribution in [0.15, 0.2) is 18.2 Å². The summed E-state index contributed by atoms with van der Waals surface area (Å²) >= 11 is 0. The second-order valence-electron chi connectivity index (χ2n) is 3.74. The van der Waals surface area contributed by atoms with Gasteiger partial charge in [0.2, 0.25) is 0 Å². The van der Waals surface area contributed by atoms with Gasteiger partial charge < -0.3 is 19.3 Å². The molecule has 1 rings (SSSR count). The van der Waals surface area contributed by atoms with Gasteiger partial charge in [-0.05, 0) is 17.7 Å². The lowest BCUT2D eigenvalue weighted by Gasteiger charge is -2.23. The quantitative estimate of drug-likeness (QED) is 0.841. The van der Waals surface area contributed by atoms with E-state index in [0.717, 1.165) is 12.1 Å². The van der Waals surface area contributed by atoms with Gasteiger partial charge in [0.1, 0.15) is 11.9 Å². The van der Waals surface area contributed by atoms with Crippen LogP contribution >= 0.6 is 0 Å². The molecule has 1 unspecified atom stereocenters. The summed E-state index contributed by atoms with van der Waals surface area (Å²) in [6.07, 6.45) is -7.36. The first kappa shape index (κ1) is 15.7. The molecule has 7 heteroatoms. The highest BCUT2D eigenvalue weighted by atomic mass is 19.4. The van der Waals surface area contributed by atoms with Crippen LogP contribution in [0.3, 0.4) is 0 Å². The number of aliphatic hydroxyl groups excluding tert-OH is 1. The number of aliphatic hydroxyl groups is 1. The average molecular weight is 280 g/mol. The van der Waals surface area contributed by atoms with Crippen molar-refractivity contribution in [2.24, 2.45) is 0 Å². The van der Waals surface area contributed by atoms with Crippen molar-refractivity contribution >= 4 is 0 Å². The van der Waals surface area contributed by atoms with Crippen molar-refractivity contribution in [1.29, 1.82) is 0 Å². The Morgan fingerprint density at radius 3 is 2.11 bits per heavy atom. The Hall–Kier alpha value is -1.31. The SMILES string of the molecule is COc1ccc(C(O)C(OC)OC)c(C(F)(F)F)c1. The molecule has 0 fully saturated rings. The third-order valence-corrected chi connectivity index (χ3v) is 2.61. The van der Waals surface area contributed by atoms with Crippen LogP contribution in [0.2, 0.25) is 0 Å². The van der Waals surface area contributed by atoms with Gasteiger partial charge in [0.05, 0.1) is 12.7 Å². The van der Waals surface area contributed by atoms with E-state index in [9.17, 15) is 18.3 Å². The smallest absolute Gasteiger partial charge is 0.416 e. The fraction of sp³-hybridized carbons (Fsp3) is 0.500. The summed E-state index contributed by atoms with van der Waals surface area (Å²) in [4.78, 5) is 0. The summed E-state index contributed by atoms with van der Waals surface area (Å²) in [5.41, 5.74) is -1.32. The number of hydrogen-bond acceptors (Lipinski definition) is 4. The highest BCUT2D eigenvalue weighted by Gasteiger charge is 2.37. The van der Waals surface area contributed by atoms with Crippen LogP contribution in [-0.4, -0.2) is 32.7 Å². The van der Waals surface area contributed by atoms with Gasteiger partial charge in [-0.3, -0.25) is 0 Å². The number of rotatable bonds is 5. The van der Waals surface area contributed by atoms with E-state index in [1.54, 1.807) is 0 Å². The van der Waals surface area contributed by atoms with Gasteiger partial charge in [0.15, 0.2) is 6.29 Å². The van der Waals surface area contributed by atoms with Gasteiger partial charge in [-0.1, -0.05) is 6.07 Å². The topological polar surface area (TPSA) is 47.9 Å². The van der Waals surface area contributed by atoms with E-state index in [-0.39, 0.29) is 11.3 Å². The molecule has 0 aliphatic heterocycles. The lowest BCUT2D eigenvalue weighted by Crippen LogP contribution is -2.25. The Bertz CT molecular complexity index is 416. The molecule has 0 radical (unpaired) electrons. The molecule has 0 aromatic heterocycles. The minimum atomic E-state index is -4.61. The summed E-state index contributed by atoms with van der Waals surface area (Å²) in [6.45, 7) is 0. The zero-order valence-electron chi connectivity index (χ0n) is 10.7. The van der Waals surface area contributed by atoms with Crippen LogP contribution in [0.4, 0.5) is 13.2 Å². The van der Waals surface area contributed by atoms with Gasteiger partial charge >= 0.3 is 6.18 Å². The van der Waals surface area contributed by atoms with Crippen LogP contribution < -0.4 is 4.74 Å². The van der Waals surface area contributed by atoms with Crippen molar-refractivity contribution in [1.82, 2.24) is 0 Å². The third kappa shape index (κ3) is 3.59. The van der Waals surface area contributed by atoms with Crippen molar-refractivity contribution in [2.75, 3.05) is 21.3 Å². The Labute approximate surface area is 108 Å². The molecule has 108 valence electrons. The Morgan fingerprint density at radius 1 is 1.11 bits per heavy atom. The molecule has 0 heterocycles. The Kier molecular flexibility index (Phi) is 5.16. The van der Waals surface area contributed by atoms with Gasteiger partial charge in [-0.25, -0.2) is 0 Å². The highest BCUT2D eigenvalue weighted by Crippen LogP contribution is 2.38. The minimum Gasteiger partial charge on any atom is -0.497 e. The second-order valence-corrected chi connectivity index (χ2v) is 3.74. The van der Waals surface area contributed by atoms with E-state index in [0.29, 0.717) is 0 Å². The predicted octanol–water partition coefficient (Wildman–Crippen LogP) is 2.37. The average Bonchev–Trinajstić information content (AvgIpc) is 2.38. The summed E-state index contributed by atoms with van der Waals surface area (Å²) in [5, 5.41) is 9.90. The monoisotopic (exact) mass is 280 g/mol. The highest BCUT2D eigenvalue weighted by molar-refractivity contribution is 5.39. The normalized spacial score (nSPS) is 13.7.